The molecule has 5 rings (SSSR count). The van der Waals surface area contributed by atoms with E-state index in [4.69, 9.17) is 16.6 Å². The number of nitrogens with zero attached hydrogens (tertiary/aromatic N) is 5. The van der Waals surface area contributed by atoms with Gasteiger partial charge in [-0.15, -0.1) is 0 Å². The average molecular weight is 488 g/mol. The first-order chi connectivity index (χ1) is 17.0. The maximum absolute atomic E-state index is 11.9. The predicted molar refractivity (Wildman–Crippen MR) is 140 cm³/mol. The summed E-state index contributed by atoms with van der Waals surface area (Å²) in [6.45, 7) is 7.62. The summed E-state index contributed by atoms with van der Waals surface area (Å²) in [5, 5.41) is 11.7. The fraction of sp³-hybridized carbons (Fsp3) is 0.231. The molecule has 0 aliphatic carbocycles. The molecule has 3 heterocycles. The van der Waals surface area contributed by atoms with Gasteiger partial charge in [0.05, 0.1) is 22.3 Å². The predicted octanol–water partition coefficient (Wildman–Crippen LogP) is 4.47. The molecular weight excluding hydrogens is 462 g/mol. The number of piperazine rings is 1. The highest BCUT2D eigenvalue weighted by atomic mass is 35.5. The SMILES string of the molecule is C=CC(=O)Cc1ccc(Cl)c(-c2nc(Nc3cccc(N4CCN(C)CC4)c3)nc3[nH]ncc23)c1. The molecule has 9 heteroatoms. The fourth-order valence-corrected chi connectivity index (χ4v) is 4.41. The van der Waals surface area contributed by atoms with Gasteiger partial charge in [-0.05, 0) is 49.0 Å². The molecule has 2 aromatic carbocycles. The highest BCUT2D eigenvalue weighted by Crippen LogP contribution is 2.33. The molecule has 178 valence electrons. The lowest BCUT2D eigenvalue weighted by Crippen LogP contribution is -2.44. The van der Waals surface area contributed by atoms with Gasteiger partial charge in [-0.3, -0.25) is 9.89 Å². The number of H-pyrrole nitrogens is 1. The van der Waals surface area contributed by atoms with Gasteiger partial charge in [0.25, 0.3) is 0 Å². The first-order valence-electron chi connectivity index (χ1n) is 11.5. The number of nitrogens with one attached hydrogen (secondary N) is 2. The van der Waals surface area contributed by atoms with Crippen molar-refractivity contribution in [1.29, 1.82) is 0 Å². The molecule has 0 atom stereocenters. The number of rotatable bonds is 7. The van der Waals surface area contributed by atoms with E-state index in [2.05, 4.69) is 56.1 Å². The van der Waals surface area contributed by atoms with Crippen molar-refractivity contribution in [2.24, 2.45) is 0 Å². The number of anilines is 3. The van der Waals surface area contributed by atoms with Crippen LogP contribution in [0.25, 0.3) is 22.3 Å². The van der Waals surface area contributed by atoms with E-state index in [0.29, 0.717) is 27.9 Å². The largest absolute Gasteiger partial charge is 0.369 e. The Balaban J connectivity index is 1.48. The Kier molecular flexibility index (Phi) is 6.48. The third-order valence-electron chi connectivity index (χ3n) is 6.17. The number of hydrogen-bond donors (Lipinski definition) is 2. The Labute approximate surface area is 208 Å². The minimum atomic E-state index is -0.0583. The number of benzene rings is 2. The number of ketones is 1. The van der Waals surface area contributed by atoms with Crippen LogP contribution in [-0.2, 0) is 11.2 Å². The molecule has 2 aromatic heterocycles. The number of carbonyl (C=O) groups excluding carboxylic acids is 1. The van der Waals surface area contributed by atoms with Gasteiger partial charge in [0, 0.05) is 49.5 Å². The van der Waals surface area contributed by atoms with E-state index in [1.807, 2.05) is 24.3 Å². The molecule has 0 saturated carbocycles. The quantitative estimate of drug-likeness (QED) is 0.372. The molecule has 1 saturated heterocycles. The van der Waals surface area contributed by atoms with Crippen molar-refractivity contribution in [3.63, 3.8) is 0 Å². The summed E-state index contributed by atoms with van der Waals surface area (Å²) in [7, 11) is 2.15. The molecule has 35 heavy (non-hydrogen) atoms. The minimum Gasteiger partial charge on any atom is -0.369 e. The van der Waals surface area contributed by atoms with Crippen molar-refractivity contribution in [3.05, 3.63) is 71.9 Å². The summed E-state index contributed by atoms with van der Waals surface area (Å²) in [6, 6.07) is 13.8. The topological polar surface area (TPSA) is 90.0 Å². The standard InChI is InChI=1S/C26H26ClN7O/c1-3-20(35)13-17-7-8-23(27)21(14-17)24-22-16-28-32-25(22)31-26(30-24)29-18-5-4-6-19(15-18)34-11-9-33(2)10-12-34/h3-8,14-16H,1,9-13H2,2H3,(H2,28,29,30,31,32). The van der Waals surface area contributed by atoms with Crippen LogP contribution in [0.5, 0.6) is 0 Å². The second-order valence-corrected chi connectivity index (χ2v) is 9.06. The van der Waals surface area contributed by atoms with Crippen molar-refractivity contribution in [2.75, 3.05) is 43.4 Å². The molecule has 0 unspecified atom stereocenters. The van der Waals surface area contributed by atoms with Gasteiger partial charge in [0.15, 0.2) is 11.4 Å². The summed E-state index contributed by atoms with van der Waals surface area (Å²) in [6.07, 6.45) is 3.25. The smallest absolute Gasteiger partial charge is 0.229 e. The van der Waals surface area contributed by atoms with Gasteiger partial charge < -0.3 is 15.1 Å². The minimum absolute atomic E-state index is 0.0583. The number of allylic oxidation sites excluding steroid dienone is 1. The third-order valence-corrected chi connectivity index (χ3v) is 6.50. The Hall–Kier alpha value is -3.75. The van der Waals surface area contributed by atoms with Crippen molar-refractivity contribution in [1.82, 2.24) is 25.1 Å². The highest BCUT2D eigenvalue weighted by Gasteiger charge is 2.17. The number of likely N-dealkylation sites (N-methyl/N-ethyl adjacent to an activating group) is 1. The van der Waals surface area contributed by atoms with E-state index in [-0.39, 0.29) is 12.2 Å². The molecule has 0 spiro atoms. The molecular formula is C26H26ClN7O. The van der Waals surface area contributed by atoms with Crippen LogP contribution in [-0.4, -0.2) is 64.1 Å². The van der Waals surface area contributed by atoms with E-state index >= 15 is 0 Å². The van der Waals surface area contributed by atoms with Crippen LogP contribution >= 0.6 is 11.6 Å². The molecule has 2 N–H and O–H groups in total. The number of halogens is 1. The van der Waals surface area contributed by atoms with Gasteiger partial charge in [-0.25, -0.2) is 4.98 Å². The zero-order valence-corrected chi connectivity index (χ0v) is 20.2. The summed E-state index contributed by atoms with van der Waals surface area (Å²) in [5.41, 5.74) is 4.83. The van der Waals surface area contributed by atoms with Gasteiger partial charge in [0.2, 0.25) is 5.95 Å². The van der Waals surface area contributed by atoms with E-state index in [9.17, 15) is 4.79 Å². The van der Waals surface area contributed by atoms with Crippen LogP contribution in [0.2, 0.25) is 5.02 Å². The summed E-state index contributed by atoms with van der Waals surface area (Å²) < 4.78 is 0. The highest BCUT2D eigenvalue weighted by molar-refractivity contribution is 6.33. The van der Waals surface area contributed by atoms with E-state index in [0.717, 1.165) is 48.5 Å². The molecule has 1 fully saturated rings. The lowest BCUT2D eigenvalue weighted by Gasteiger charge is -2.34. The van der Waals surface area contributed by atoms with Crippen LogP contribution in [0.4, 0.5) is 17.3 Å². The normalized spacial score (nSPS) is 14.3. The third kappa shape index (κ3) is 5.03. The van der Waals surface area contributed by atoms with Crippen LogP contribution < -0.4 is 10.2 Å². The first-order valence-corrected chi connectivity index (χ1v) is 11.8. The average Bonchev–Trinajstić information content (AvgIpc) is 3.34. The molecule has 0 bridgehead atoms. The first kappa shape index (κ1) is 23.0. The number of aromatic nitrogens is 4. The van der Waals surface area contributed by atoms with Gasteiger partial charge in [-0.1, -0.05) is 30.3 Å². The molecule has 1 aliphatic rings. The summed E-state index contributed by atoms with van der Waals surface area (Å²) in [5.74, 6) is 0.368. The number of aromatic amines is 1. The Morgan fingerprint density at radius 3 is 2.80 bits per heavy atom. The van der Waals surface area contributed by atoms with Crippen molar-refractivity contribution in [3.8, 4) is 11.3 Å². The van der Waals surface area contributed by atoms with Crippen molar-refractivity contribution < 1.29 is 4.79 Å². The Bertz CT molecular complexity index is 1390. The molecule has 8 nitrogen and oxygen atoms in total. The molecule has 0 amide bonds. The lowest BCUT2D eigenvalue weighted by molar-refractivity contribution is -0.114. The zero-order valence-electron chi connectivity index (χ0n) is 19.5. The maximum atomic E-state index is 11.9. The van der Waals surface area contributed by atoms with Crippen molar-refractivity contribution in [2.45, 2.75) is 6.42 Å². The Morgan fingerprint density at radius 1 is 1.17 bits per heavy atom. The van der Waals surface area contributed by atoms with Gasteiger partial charge in [-0.2, -0.15) is 10.1 Å². The number of carbonyl (C=O) groups is 1. The lowest BCUT2D eigenvalue weighted by atomic mass is 10.0. The van der Waals surface area contributed by atoms with Crippen LogP contribution in [0.1, 0.15) is 5.56 Å². The van der Waals surface area contributed by atoms with Crippen LogP contribution in [0, 0.1) is 0 Å². The number of hydrogen-bond acceptors (Lipinski definition) is 7. The second-order valence-electron chi connectivity index (χ2n) is 8.66. The van der Waals surface area contributed by atoms with Crippen molar-refractivity contribution >= 4 is 45.7 Å². The summed E-state index contributed by atoms with van der Waals surface area (Å²) in [4.78, 5) is 26.0. The molecule has 1 aliphatic heterocycles. The summed E-state index contributed by atoms with van der Waals surface area (Å²) >= 11 is 6.57. The van der Waals surface area contributed by atoms with Crippen LogP contribution in [0.3, 0.4) is 0 Å². The van der Waals surface area contributed by atoms with Gasteiger partial charge in [0.1, 0.15) is 0 Å². The Morgan fingerprint density at radius 2 is 2.00 bits per heavy atom. The fourth-order valence-electron chi connectivity index (χ4n) is 4.21. The zero-order chi connectivity index (χ0) is 24.4. The molecule has 4 aromatic rings. The van der Waals surface area contributed by atoms with E-state index < -0.39 is 0 Å². The van der Waals surface area contributed by atoms with E-state index in [1.165, 1.54) is 6.08 Å². The van der Waals surface area contributed by atoms with Crippen LogP contribution in [0.15, 0.2) is 61.3 Å². The number of fused-ring (bicyclic) bond motifs is 1. The second kappa shape index (κ2) is 9.85. The molecule has 0 radical (unpaired) electrons. The monoisotopic (exact) mass is 487 g/mol. The van der Waals surface area contributed by atoms with Gasteiger partial charge >= 0.3 is 0 Å². The van der Waals surface area contributed by atoms with E-state index in [1.54, 1.807) is 12.3 Å². The maximum Gasteiger partial charge on any atom is 0.229 e.